The lowest BCUT2D eigenvalue weighted by Gasteiger charge is -2.33. The average molecular weight is 496 g/mol. The van der Waals surface area contributed by atoms with Gasteiger partial charge in [-0.05, 0) is 12.5 Å². The highest BCUT2D eigenvalue weighted by Crippen LogP contribution is 2.14. The van der Waals surface area contributed by atoms with Crippen LogP contribution in [0.3, 0.4) is 0 Å². The van der Waals surface area contributed by atoms with E-state index in [0.29, 0.717) is 31.3 Å². The second-order valence-electron chi connectivity index (χ2n) is 9.34. The molecule has 0 atom stereocenters. The molecule has 192 valence electrons. The van der Waals surface area contributed by atoms with Crippen LogP contribution >= 0.6 is 0 Å². The van der Waals surface area contributed by atoms with E-state index >= 15 is 0 Å². The lowest BCUT2D eigenvalue weighted by atomic mass is 10.1. The summed E-state index contributed by atoms with van der Waals surface area (Å²) in [5.74, 6) is 1.01. The Balaban J connectivity index is 1.46. The summed E-state index contributed by atoms with van der Waals surface area (Å²) >= 11 is 0. The number of aromatic nitrogens is 4. The molecule has 1 aromatic carbocycles. The number of nitrogen functional groups attached to an aromatic ring is 1. The van der Waals surface area contributed by atoms with Crippen LogP contribution in [-0.2, 0) is 19.6 Å². The van der Waals surface area contributed by atoms with E-state index in [1.54, 1.807) is 6.92 Å². The van der Waals surface area contributed by atoms with Crippen molar-refractivity contribution in [3.8, 4) is 0 Å². The minimum Gasteiger partial charge on any atom is -0.384 e. The zero-order valence-corrected chi connectivity index (χ0v) is 21.0. The predicted octanol–water partition coefficient (Wildman–Crippen LogP) is 1.17. The Hall–Kier alpha value is -3.57. The minimum atomic E-state index is -0.634. The van der Waals surface area contributed by atoms with Crippen LogP contribution in [0, 0.1) is 0 Å². The fourth-order valence-corrected chi connectivity index (χ4v) is 4.32. The number of benzene rings is 1. The SMILES string of the molecule is CCn1c(=O)c(C(=O)CN2CCN(Cc3nc(C(C)C)no3)CC2)c(N)n(Cc2ccccc2)c1=O. The zero-order valence-electron chi connectivity index (χ0n) is 21.0. The number of nitrogens with zero attached hydrogens (tertiary/aromatic N) is 6. The first-order valence-corrected chi connectivity index (χ1v) is 12.3. The molecule has 3 aromatic rings. The number of nitrogens with two attached hydrogens (primary N) is 1. The van der Waals surface area contributed by atoms with Crippen molar-refractivity contribution < 1.29 is 9.32 Å². The number of Topliss-reactive ketones (excluding diaryl/α,β-unsaturated/α-hetero) is 1. The number of carbonyl (C=O) groups excluding carboxylic acids is 1. The molecule has 36 heavy (non-hydrogen) atoms. The monoisotopic (exact) mass is 495 g/mol. The standard InChI is InChI=1S/C25H33N7O4/c1-4-31-24(34)21(22(26)32(25(31)35)14-18-8-6-5-7-9-18)19(33)15-29-10-12-30(13-11-29)16-20-27-23(17(2)3)28-36-20/h5-9,17H,4,10-16,26H2,1-3H3. The van der Waals surface area contributed by atoms with Gasteiger partial charge in [-0.2, -0.15) is 4.98 Å². The van der Waals surface area contributed by atoms with Crippen molar-refractivity contribution in [1.82, 2.24) is 29.1 Å². The molecule has 2 aromatic heterocycles. The number of hydrogen-bond acceptors (Lipinski definition) is 9. The molecule has 3 heterocycles. The molecule has 1 fully saturated rings. The van der Waals surface area contributed by atoms with Crippen LogP contribution in [-0.4, -0.2) is 67.6 Å². The van der Waals surface area contributed by atoms with E-state index in [4.69, 9.17) is 10.3 Å². The van der Waals surface area contributed by atoms with Gasteiger partial charge in [0.15, 0.2) is 11.6 Å². The van der Waals surface area contributed by atoms with E-state index < -0.39 is 11.2 Å². The van der Waals surface area contributed by atoms with E-state index in [1.807, 2.05) is 49.1 Å². The van der Waals surface area contributed by atoms with Gasteiger partial charge in [-0.1, -0.05) is 49.3 Å². The maximum atomic E-state index is 13.3. The molecule has 0 bridgehead atoms. The lowest BCUT2D eigenvalue weighted by Crippen LogP contribution is -2.49. The Morgan fingerprint density at radius 3 is 2.31 bits per heavy atom. The third-order valence-electron chi connectivity index (χ3n) is 6.44. The van der Waals surface area contributed by atoms with E-state index in [9.17, 15) is 14.4 Å². The van der Waals surface area contributed by atoms with Crippen LogP contribution in [0.25, 0.3) is 0 Å². The summed E-state index contributed by atoms with van der Waals surface area (Å²) in [6.07, 6.45) is 0. The molecular weight excluding hydrogens is 462 g/mol. The molecule has 0 aliphatic carbocycles. The molecule has 11 heteroatoms. The van der Waals surface area contributed by atoms with Crippen molar-refractivity contribution in [1.29, 1.82) is 0 Å². The summed E-state index contributed by atoms with van der Waals surface area (Å²) in [4.78, 5) is 47.9. The van der Waals surface area contributed by atoms with E-state index in [0.717, 1.165) is 23.2 Å². The van der Waals surface area contributed by atoms with Crippen molar-refractivity contribution >= 4 is 11.6 Å². The van der Waals surface area contributed by atoms with Crippen LogP contribution in [0.5, 0.6) is 0 Å². The highest BCUT2D eigenvalue weighted by Gasteiger charge is 2.26. The third-order valence-corrected chi connectivity index (χ3v) is 6.44. The molecule has 2 N–H and O–H groups in total. The van der Waals surface area contributed by atoms with Crippen LogP contribution in [0.15, 0.2) is 44.4 Å². The molecule has 0 amide bonds. The lowest BCUT2D eigenvalue weighted by molar-refractivity contribution is 0.0825. The van der Waals surface area contributed by atoms with Crippen molar-refractivity contribution in [3.63, 3.8) is 0 Å². The predicted molar refractivity (Wildman–Crippen MR) is 135 cm³/mol. The molecule has 1 aliphatic heterocycles. The van der Waals surface area contributed by atoms with Gasteiger partial charge in [-0.15, -0.1) is 0 Å². The Morgan fingerprint density at radius 2 is 1.69 bits per heavy atom. The molecule has 1 aliphatic rings. The van der Waals surface area contributed by atoms with Crippen LogP contribution in [0.1, 0.15) is 54.3 Å². The molecular formula is C25H33N7O4. The number of piperazine rings is 1. The van der Waals surface area contributed by atoms with Crippen molar-refractivity contribution in [2.45, 2.75) is 46.3 Å². The first kappa shape index (κ1) is 25.5. The Morgan fingerprint density at radius 1 is 1.03 bits per heavy atom. The van der Waals surface area contributed by atoms with E-state index in [1.165, 1.54) is 4.57 Å². The maximum absolute atomic E-state index is 13.3. The van der Waals surface area contributed by atoms with Gasteiger partial charge in [-0.25, -0.2) is 4.79 Å². The summed E-state index contributed by atoms with van der Waals surface area (Å²) in [5.41, 5.74) is 5.85. The topological polar surface area (TPSA) is 132 Å². The molecule has 11 nitrogen and oxygen atoms in total. The normalized spacial score (nSPS) is 15.0. The summed E-state index contributed by atoms with van der Waals surface area (Å²) in [7, 11) is 0. The Labute approximate surface area is 209 Å². The molecule has 0 unspecified atom stereocenters. The second kappa shape index (κ2) is 11.0. The first-order chi connectivity index (χ1) is 17.3. The van der Waals surface area contributed by atoms with Gasteiger partial charge in [0.2, 0.25) is 5.89 Å². The van der Waals surface area contributed by atoms with Crippen LogP contribution in [0.4, 0.5) is 5.82 Å². The Bertz CT molecular complexity index is 1320. The van der Waals surface area contributed by atoms with Gasteiger partial charge in [0.05, 0.1) is 19.6 Å². The maximum Gasteiger partial charge on any atom is 0.332 e. The molecule has 4 rings (SSSR count). The Kier molecular flexibility index (Phi) is 7.80. The highest BCUT2D eigenvalue weighted by molar-refractivity contribution is 6.01. The van der Waals surface area contributed by atoms with Gasteiger partial charge in [0.1, 0.15) is 11.4 Å². The summed E-state index contributed by atoms with van der Waals surface area (Å²) < 4.78 is 7.72. The summed E-state index contributed by atoms with van der Waals surface area (Å²) in [5, 5.41) is 4.00. The molecule has 0 saturated carbocycles. The van der Waals surface area contributed by atoms with Gasteiger partial charge in [-0.3, -0.25) is 28.5 Å². The number of carbonyl (C=O) groups is 1. The minimum absolute atomic E-state index is 0.0542. The second-order valence-corrected chi connectivity index (χ2v) is 9.34. The number of ketones is 1. The van der Waals surface area contributed by atoms with E-state index in [2.05, 4.69) is 15.0 Å². The summed E-state index contributed by atoms with van der Waals surface area (Å²) in [6.45, 7) is 9.39. The molecule has 1 saturated heterocycles. The molecule has 0 spiro atoms. The fourth-order valence-electron chi connectivity index (χ4n) is 4.32. The third kappa shape index (κ3) is 5.47. The number of rotatable bonds is 9. The van der Waals surface area contributed by atoms with E-state index in [-0.39, 0.29) is 42.7 Å². The highest BCUT2D eigenvalue weighted by atomic mass is 16.5. The summed E-state index contributed by atoms with van der Waals surface area (Å²) in [6, 6.07) is 9.33. The van der Waals surface area contributed by atoms with Gasteiger partial charge < -0.3 is 10.3 Å². The van der Waals surface area contributed by atoms with Crippen LogP contribution in [0.2, 0.25) is 0 Å². The average Bonchev–Trinajstić information content (AvgIpc) is 3.33. The zero-order chi connectivity index (χ0) is 25.8. The largest absolute Gasteiger partial charge is 0.384 e. The smallest absolute Gasteiger partial charge is 0.332 e. The fraction of sp³-hybridized carbons (Fsp3) is 0.480. The van der Waals surface area contributed by atoms with Crippen molar-refractivity contribution in [3.05, 3.63) is 74.0 Å². The van der Waals surface area contributed by atoms with Gasteiger partial charge in [0.25, 0.3) is 5.56 Å². The first-order valence-electron chi connectivity index (χ1n) is 12.3. The number of hydrogen-bond donors (Lipinski definition) is 1. The van der Waals surface area contributed by atoms with Gasteiger partial charge >= 0.3 is 5.69 Å². The number of anilines is 1. The molecule has 0 radical (unpaired) electrons. The quantitative estimate of drug-likeness (QED) is 0.434. The van der Waals surface area contributed by atoms with Crippen LogP contribution < -0.4 is 17.0 Å². The van der Waals surface area contributed by atoms with Crippen molar-refractivity contribution in [2.24, 2.45) is 0 Å². The van der Waals surface area contributed by atoms with Crippen molar-refractivity contribution in [2.75, 3.05) is 38.5 Å². The van der Waals surface area contributed by atoms with Gasteiger partial charge in [0, 0.05) is 38.6 Å².